The minimum absolute atomic E-state index is 0.0724. The van der Waals surface area contributed by atoms with Crippen molar-refractivity contribution in [1.82, 2.24) is 9.78 Å². The maximum absolute atomic E-state index is 11.9. The highest BCUT2D eigenvalue weighted by Crippen LogP contribution is 2.19. The van der Waals surface area contributed by atoms with Crippen LogP contribution in [0.5, 0.6) is 0 Å². The van der Waals surface area contributed by atoms with Crippen molar-refractivity contribution >= 4 is 5.78 Å². The Balaban J connectivity index is 2.64. The molecule has 0 saturated carbocycles. The number of nitrogens with two attached hydrogens (primary N) is 1. The van der Waals surface area contributed by atoms with Crippen molar-refractivity contribution in [2.75, 3.05) is 0 Å². The van der Waals surface area contributed by atoms with Crippen molar-refractivity contribution in [3.8, 4) is 0 Å². The van der Waals surface area contributed by atoms with Gasteiger partial charge in [-0.1, -0.05) is 20.8 Å². The third kappa shape index (κ3) is 3.17. The summed E-state index contributed by atoms with van der Waals surface area (Å²) in [5.74, 6) is 0.0724. The molecule has 0 aliphatic heterocycles. The van der Waals surface area contributed by atoms with Gasteiger partial charge in [0.1, 0.15) is 0 Å². The van der Waals surface area contributed by atoms with Crippen LogP contribution in [0.15, 0.2) is 12.4 Å². The Morgan fingerprint density at radius 1 is 1.56 bits per heavy atom. The number of ketones is 1. The molecule has 0 spiro atoms. The largest absolute Gasteiger partial charge is 0.321 e. The van der Waals surface area contributed by atoms with Crippen molar-refractivity contribution < 1.29 is 4.79 Å². The molecule has 0 bridgehead atoms. The molecule has 0 aliphatic carbocycles. The van der Waals surface area contributed by atoms with Gasteiger partial charge >= 0.3 is 0 Å². The number of Topliss-reactive ketones (excluding diaryl/α,β-unsaturated/α-hetero) is 1. The zero-order chi connectivity index (χ0) is 12.3. The standard InChI is InChI=1S/C12H21N3O/c1-5-15-8-9(7-14-15)6-10(16)11(13)12(2,3)4/h7-8,11H,5-6,13H2,1-4H3. The topological polar surface area (TPSA) is 60.9 Å². The first kappa shape index (κ1) is 12.9. The molecule has 16 heavy (non-hydrogen) atoms. The lowest BCUT2D eigenvalue weighted by Crippen LogP contribution is -2.43. The first-order valence-electron chi connectivity index (χ1n) is 5.64. The molecule has 1 heterocycles. The van der Waals surface area contributed by atoms with Crippen molar-refractivity contribution in [3.05, 3.63) is 18.0 Å². The number of hydrogen-bond acceptors (Lipinski definition) is 3. The van der Waals surface area contributed by atoms with Gasteiger partial charge < -0.3 is 5.73 Å². The maximum Gasteiger partial charge on any atom is 0.154 e. The van der Waals surface area contributed by atoms with Crippen molar-refractivity contribution in [2.24, 2.45) is 11.1 Å². The third-order valence-corrected chi connectivity index (χ3v) is 2.67. The summed E-state index contributed by atoms with van der Waals surface area (Å²) in [5.41, 5.74) is 6.66. The van der Waals surface area contributed by atoms with E-state index in [0.717, 1.165) is 12.1 Å². The summed E-state index contributed by atoms with van der Waals surface area (Å²) in [6.07, 6.45) is 4.00. The Morgan fingerprint density at radius 2 is 2.19 bits per heavy atom. The van der Waals surface area contributed by atoms with Crippen LogP contribution in [-0.4, -0.2) is 21.6 Å². The Morgan fingerprint density at radius 3 is 2.62 bits per heavy atom. The number of aryl methyl sites for hydroxylation is 1. The number of rotatable bonds is 4. The highest BCUT2D eigenvalue weighted by Gasteiger charge is 2.27. The summed E-state index contributed by atoms with van der Waals surface area (Å²) in [4.78, 5) is 11.9. The van der Waals surface area contributed by atoms with Gasteiger partial charge in [0, 0.05) is 19.2 Å². The Labute approximate surface area is 96.8 Å². The SMILES string of the molecule is CCn1cc(CC(=O)C(N)C(C)(C)C)cn1. The lowest BCUT2D eigenvalue weighted by molar-refractivity contribution is -0.121. The minimum atomic E-state index is -0.419. The monoisotopic (exact) mass is 223 g/mol. The first-order chi connectivity index (χ1) is 7.34. The second-order valence-electron chi connectivity index (χ2n) is 5.19. The van der Waals surface area contributed by atoms with Gasteiger partial charge in [-0.05, 0) is 17.9 Å². The number of aromatic nitrogens is 2. The van der Waals surface area contributed by atoms with Crippen molar-refractivity contribution in [1.29, 1.82) is 0 Å². The highest BCUT2D eigenvalue weighted by atomic mass is 16.1. The van der Waals surface area contributed by atoms with Crippen LogP contribution in [0.1, 0.15) is 33.3 Å². The predicted octanol–water partition coefficient (Wildman–Crippen LogP) is 1.39. The summed E-state index contributed by atoms with van der Waals surface area (Å²) in [6.45, 7) is 8.76. The average molecular weight is 223 g/mol. The van der Waals surface area contributed by atoms with Crippen molar-refractivity contribution in [3.63, 3.8) is 0 Å². The van der Waals surface area contributed by atoms with Crippen LogP contribution in [0.2, 0.25) is 0 Å². The summed E-state index contributed by atoms with van der Waals surface area (Å²) in [6, 6.07) is -0.419. The van der Waals surface area contributed by atoms with Crippen LogP contribution in [0.3, 0.4) is 0 Å². The number of carbonyl (C=O) groups is 1. The smallest absolute Gasteiger partial charge is 0.154 e. The molecule has 0 amide bonds. The first-order valence-corrected chi connectivity index (χ1v) is 5.64. The van der Waals surface area contributed by atoms with Crippen molar-refractivity contribution in [2.45, 2.75) is 46.7 Å². The molecule has 2 N–H and O–H groups in total. The van der Waals surface area contributed by atoms with E-state index in [0.29, 0.717) is 6.42 Å². The third-order valence-electron chi connectivity index (χ3n) is 2.67. The molecule has 0 aliphatic rings. The molecule has 1 atom stereocenters. The Bertz CT molecular complexity index is 363. The van der Waals surface area contributed by atoms with Gasteiger partial charge in [0.25, 0.3) is 0 Å². The van der Waals surface area contributed by atoms with Crippen LogP contribution < -0.4 is 5.73 Å². The van der Waals surface area contributed by atoms with Gasteiger partial charge in [-0.2, -0.15) is 5.10 Å². The molecule has 0 saturated heterocycles. The molecular weight excluding hydrogens is 202 g/mol. The molecule has 4 nitrogen and oxygen atoms in total. The van der Waals surface area contributed by atoms with E-state index in [-0.39, 0.29) is 11.2 Å². The summed E-state index contributed by atoms with van der Waals surface area (Å²) in [5, 5.41) is 4.13. The van der Waals surface area contributed by atoms with Crippen LogP contribution >= 0.6 is 0 Å². The van der Waals surface area contributed by atoms with Gasteiger partial charge in [-0.25, -0.2) is 0 Å². The quantitative estimate of drug-likeness (QED) is 0.839. The van der Waals surface area contributed by atoms with Gasteiger partial charge in [-0.15, -0.1) is 0 Å². The molecule has 90 valence electrons. The van der Waals surface area contributed by atoms with E-state index in [1.54, 1.807) is 6.20 Å². The molecule has 1 unspecified atom stereocenters. The summed E-state index contributed by atoms with van der Waals surface area (Å²) >= 11 is 0. The fourth-order valence-corrected chi connectivity index (χ4v) is 1.46. The van der Waals surface area contributed by atoms with E-state index in [1.165, 1.54) is 0 Å². The van der Waals surface area contributed by atoms with Crippen LogP contribution in [-0.2, 0) is 17.8 Å². The van der Waals surface area contributed by atoms with Crippen LogP contribution in [0, 0.1) is 5.41 Å². The van der Waals surface area contributed by atoms with Crippen LogP contribution in [0.4, 0.5) is 0 Å². The number of hydrogen-bond donors (Lipinski definition) is 1. The van der Waals surface area contributed by atoms with E-state index in [4.69, 9.17) is 5.73 Å². The van der Waals surface area contributed by atoms with E-state index < -0.39 is 6.04 Å². The maximum atomic E-state index is 11.9. The lowest BCUT2D eigenvalue weighted by Gasteiger charge is -2.25. The molecule has 1 aromatic heterocycles. The molecule has 4 heteroatoms. The summed E-state index contributed by atoms with van der Waals surface area (Å²) < 4.78 is 1.81. The zero-order valence-corrected chi connectivity index (χ0v) is 10.5. The zero-order valence-electron chi connectivity index (χ0n) is 10.5. The molecular formula is C12H21N3O. The van der Waals surface area contributed by atoms with E-state index in [9.17, 15) is 4.79 Å². The van der Waals surface area contributed by atoms with E-state index in [2.05, 4.69) is 5.10 Å². The van der Waals surface area contributed by atoms with Gasteiger partial charge in [0.15, 0.2) is 5.78 Å². The number of carbonyl (C=O) groups excluding carboxylic acids is 1. The highest BCUT2D eigenvalue weighted by molar-refractivity contribution is 5.86. The lowest BCUT2D eigenvalue weighted by atomic mass is 9.83. The fourth-order valence-electron chi connectivity index (χ4n) is 1.46. The van der Waals surface area contributed by atoms with Crippen LogP contribution in [0.25, 0.3) is 0 Å². The molecule has 1 aromatic rings. The van der Waals surface area contributed by atoms with E-state index in [1.807, 2.05) is 38.6 Å². The van der Waals surface area contributed by atoms with Gasteiger partial charge in [-0.3, -0.25) is 9.48 Å². The Hall–Kier alpha value is -1.16. The molecule has 0 radical (unpaired) electrons. The number of nitrogens with zero attached hydrogens (tertiary/aromatic N) is 2. The molecule has 0 fully saturated rings. The fraction of sp³-hybridized carbons (Fsp3) is 0.667. The minimum Gasteiger partial charge on any atom is -0.321 e. The second kappa shape index (κ2) is 4.78. The summed E-state index contributed by atoms with van der Waals surface area (Å²) in [7, 11) is 0. The second-order valence-corrected chi connectivity index (χ2v) is 5.19. The normalized spacial score (nSPS) is 13.8. The molecule has 1 rings (SSSR count). The predicted molar refractivity (Wildman–Crippen MR) is 64.0 cm³/mol. The molecule has 0 aromatic carbocycles. The van der Waals surface area contributed by atoms with E-state index >= 15 is 0 Å². The Kier molecular flexibility index (Phi) is 3.86. The average Bonchev–Trinajstić information content (AvgIpc) is 2.63. The van der Waals surface area contributed by atoms with Gasteiger partial charge in [0.05, 0.1) is 12.2 Å². The van der Waals surface area contributed by atoms with Gasteiger partial charge in [0.2, 0.25) is 0 Å².